The number of rotatable bonds is 7. The Balaban J connectivity index is 1.61. The minimum absolute atomic E-state index is 0.403. The molecule has 3 nitrogen and oxygen atoms in total. The predicted molar refractivity (Wildman–Crippen MR) is 118 cm³/mol. The van der Waals surface area contributed by atoms with Gasteiger partial charge < -0.3 is 14.8 Å². The van der Waals surface area contributed by atoms with E-state index >= 15 is 0 Å². The Kier molecular flexibility index (Phi) is 6.16. The summed E-state index contributed by atoms with van der Waals surface area (Å²) in [6.45, 7) is 0.805. The molecule has 150 valence electrons. The van der Waals surface area contributed by atoms with Crippen LogP contribution in [0.1, 0.15) is 34.6 Å². The van der Waals surface area contributed by atoms with Crippen LogP contribution < -0.4 is 14.8 Å². The topological polar surface area (TPSA) is 30.5 Å². The van der Waals surface area contributed by atoms with E-state index in [-0.39, 0.29) is 0 Å². The third kappa shape index (κ3) is 4.46. The molecule has 0 bridgehead atoms. The maximum atomic E-state index is 5.54. The fourth-order valence-electron chi connectivity index (χ4n) is 4.46. The number of aryl methyl sites for hydroxylation is 1. The Morgan fingerprint density at radius 1 is 0.897 bits per heavy atom. The first-order valence-corrected chi connectivity index (χ1v) is 10.3. The summed E-state index contributed by atoms with van der Waals surface area (Å²) in [6, 6.07) is 26.0. The lowest BCUT2D eigenvalue weighted by Crippen LogP contribution is -2.39. The molecule has 1 N–H and O–H groups in total. The summed E-state index contributed by atoms with van der Waals surface area (Å²) in [5.41, 5.74) is 5.43. The summed E-state index contributed by atoms with van der Waals surface area (Å²) in [5.74, 6) is 2.29. The lowest BCUT2D eigenvalue weighted by atomic mass is 9.76. The summed E-state index contributed by atoms with van der Waals surface area (Å²) < 4.78 is 11.1. The van der Waals surface area contributed by atoms with E-state index < -0.39 is 0 Å². The molecule has 3 aromatic rings. The van der Waals surface area contributed by atoms with Gasteiger partial charge in [0.25, 0.3) is 0 Å². The van der Waals surface area contributed by atoms with Gasteiger partial charge in [-0.05, 0) is 54.2 Å². The second-order valence-electron chi connectivity index (χ2n) is 7.70. The van der Waals surface area contributed by atoms with Crippen LogP contribution in [0, 0.1) is 0 Å². The fraction of sp³-hybridized carbons (Fsp3) is 0.308. The standard InChI is InChI=1S/C26H29NO2/c1-28-22-14-12-20-13-15-25(27-18-21-10-6-7-11-26(21)29-2)24(23(20)17-22)16-19-8-4-3-5-9-19/h3-12,14,17,24-25,27H,13,15-16,18H2,1-2H3/t24-,25+/m1/s1. The average molecular weight is 388 g/mol. The highest BCUT2D eigenvalue weighted by atomic mass is 16.5. The Morgan fingerprint density at radius 3 is 2.48 bits per heavy atom. The zero-order valence-electron chi connectivity index (χ0n) is 17.2. The number of fused-ring (bicyclic) bond motifs is 1. The minimum atomic E-state index is 0.403. The normalized spacial score (nSPS) is 18.1. The van der Waals surface area contributed by atoms with Crippen LogP contribution in [0.2, 0.25) is 0 Å². The van der Waals surface area contributed by atoms with Crippen LogP contribution in [0.15, 0.2) is 72.8 Å². The molecule has 0 saturated carbocycles. The molecular weight excluding hydrogens is 358 g/mol. The molecule has 1 aliphatic carbocycles. The molecule has 1 aliphatic rings. The molecule has 0 aliphatic heterocycles. The van der Waals surface area contributed by atoms with Gasteiger partial charge in [0, 0.05) is 24.1 Å². The number of ether oxygens (including phenoxy) is 2. The Morgan fingerprint density at radius 2 is 1.69 bits per heavy atom. The Labute approximate surface area is 173 Å². The van der Waals surface area contributed by atoms with Gasteiger partial charge in [-0.15, -0.1) is 0 Å². The van der Waals surface area contributed by atoms with Crippen molar-refractivity contribution in [3.63, 3.8) is 0 Å². The summed E-state index contributed by atoms with van der Waals surface area (Å²) in [4.78, 5) is 0. The zero-order valence-corrected chi connectivity index (χ0v) is 17.2. The maximum absolute atomic E-state index is 5.54. The van der Waals surface area contributed by atoms with E-state index in [1.54, 1.807) is 14.2 Å². The monoisotopic (exact) mass is 387 g/mol. The number of hydrogen-bond acceptors (Lipinski definition) is 3. The highest BCUT2D eigenvalue weighted by molar-refractivity contribution is 5.42. The van der Waals surface area contributed by atoms with Crippen molar-refractivity contribution in [2.45, 2.75) is 37.8 Å². The van der Waals surface area contributed by atoms with Crippen LogP contribution in [-0.2, 0) is 19.4 Å². The van der Waals surface area contributed by atoms with E-state index in [0.717, 1.165) is 37.3 Å². The van der Waals surface area contributed by atoms with Crippen molar-refractivity contribution in [1.29, 1.82) is 0 Å². The first-order chi connectivity index (χ1) is 14.3. The third-order valence-corrected chi connectivity index (χ3v) is 6.01. The van der Waals surface area contributed by atoms with Crippen molar-refractivity contribution in [3.8, 4) is 11.5 Å². The Hall–Kier alpha value is -2.78. The van der Waals surface area contributed by atoms with E-state index in [9.17, 15) is 0 Å². The molecule has 2 atom stereocenters. The third-order valence-electron chi connectivity index (χ3n) is 6.01. The van der Waals surface area contributed by atoms with E-state index in [2.05, 4.69) is 66.0 Å². The van der Waals surface area contributed by atoms with Gasteiger partial charge in [0.05, 0.1) is 14.2 Å². The summed E-state index contributed by atoms with van der Waals surface area (Å²) in [6.07, 6.45) is 3.24. The number of para-hydroxylation sites is 1. The van der Waals surface area contributed by atoms with Gasteiger partial charge >= 0.3 is 0 Å². The van der Waals surface area contributed by atoms with Crippen molar-refractivity contribution in [2.24, 2.45) is 0 Å². The molecule has 0 spiro atoms. The molecule has 4 rings (SSSR count). The van der Waals surface area contributed by atoms with Crippen LogP contribution in [-0.4, -0.2) is 20.3 Å². The first-order valence-electron chi connectivity index (χ1n) is 10.3. The molecule has 0 heterocycles. The number of methoxy groups -OCH3 is 2. The number of benzene rings is 3. The van der Waals surface area contributed by atoms with Gasteiger partial charge in [0.2, 0.25) is 0 Å². The van der Waals surface area contributed by atoms with E-state index in [4.69, 9.17) is 9.47 Å². The van der Waals surface area contributed by atoms with E-state index in [1.165, 1.54) is 22.3 Å². The first kappa shape index (κ1) is 19.5. The summed E-state index contributed by atoms with van der Waals surface area (Å²) >= 11 is 0. The molecular formula is C26H29NO2. The maximum Gasteiger partial charge on any atom is 0.123 e. The molecule has 0 fully saturated rings. The molecule has 0 amide bonds. The molecule has 3 heteroatoms. The SMILES string of the molecule is COc1ccc2c(c1)[C@@H](Cc1ccccc1)[C@@H](NCc1ccccc1OC)CC2. The smallest absolute Gasteiger partial charge is 0.123 e. The molecule has 3 aromatic carbocycles. The summed E-state index contributed by atoms with van der Waals surface area (Å²) in [5, 5.41) is 3.84. The van der Waals surface area contributed by atoms with Gasteiger partial charge in [0.15, 0.2) is 0 Å². The van der Waals surface area contributed by atoms with Gasteiger partial charge in [-0.1, -0.05) is 54.6 Å². The highest BCUT2D eigenvalue weighted by Gasteiger charge is 2.30. The predicted octanol–water partition coefficient (Wildman–Crippen LogP) is 5.13. The number of hydrogen-bond donors (Lipinski definition) is 1. The van der Waals surface area contributed by atoms with Crippen molar-refractivity contribution < 1.29 is 9.47 Å². The molecule has 0 aromatic heterocycles. The lowest BCUT2D eigenvalue weighted by Gasteiger charge is -2.35. The molecule has 0 saturated heterocycles. The Bertz CT molecular complexity index is 938. The highest BCUT2D eigenvalue weighted by Crippen LogP contribution is 2.37. The second-order valence-corrected chi connectivity index (χ2v) is 7.70. The quantitative estimate of drug-likeness (QED) is 0.609. The fourth-order valence-corrected chi connectivity index (χ4v) is 4.46. The van der Waals surface area contributed by atoms with Crippen molar-refractivity contribution in [2.75, 3.05) is 14.2 Å². The van der Waals surface area contributed by atoms with Crippen molar-refractivity contribution >= 4 is 0 Å². The average Bonchev–Trinajstić information content (AvgIpc) is 2.79. The van der Waals surface area contributed by atoms with Gasteiger partial charge in [0.1, 0.15) is 11.5 Å². The summed E-state index contributed by atoms with van der Waals surface area (Å²) in [7, 11) is 3.48. The van der Waals surface area contributed by atoms with Crippen LogP contribution in [0.4, 0.5) is 0 Å². The van der Waals surface area contributed by atoms with Crippen LogP contribution in [0.5, 0.6) is 11.5 Å². The van der Waals surface area contributed by atoms with Crippen LogP contribution in [0.3, 0.4) is 0 Å². The van der Waals surface area contributed by atoms with E-state index in [0.29, 0.717) is 12.0 Å². The second kappa shape index (κ2) is 9.15. The van der Waals surface area contributed by atoms with Crippen molar-refractivity contribution in [3.05, 3.63) is 95.1 Å². The minimum Gasteiger partial charge on any atom is -0.497 e. The molecule has 0 radical (unpaired) electrons. The van der Waals surface area contributed by atoms with Gasteiger partial charge in [-0.2, -0.15) is 0 Å². The molecule has 0 unspecified atom stereocenters. The zero-order chi connectivity index (χ0) is 20.1. The van der Waals surface area contributed by atoms with Gasteiger partial charge in [-0.25, -0.2) is 0 Å². The largest absolute Gasteiger partial charge is 0.497 e. The molecule has 29 heavy (non-hydrogen) atoms. The van der Waals surface area contributed by atoms with E-state index in [1.807, 2.05) is 12.1 Å². The van der Waals surface area contributed by atoms with Crippen LogP contribution >= 0.6 is 0 Å². The van der Waals surface area contributed by atoms with Crippen LogP contribution in [0.25, 0.3) is 0 Å². The number of nitrogens with one attached hydrogen (secondary N) is 1. The van der Waals surface area contributed by atoms with Gasteiger partial charge in [-0.3, -0.25) is 0 Å². The lowest BCUT2D eigenvalue weighted by molar-refractivity contribution is 0.369. The van der Waals surface area contributed by atoms with Crippen molar-refractivity contribution in [1.82, 2.24) is 5.32 Å².